The van der Waals surface area contributed by atoms with Crippen LogP contribution in [0.25, 0.3) is 15.3 Å². The third-order valence-electron chi connectivity index (χ3n) is 4.39. The van der Waals surface area contributed by atoms with E-state index < -0.39 is 5.54 Å². The molecule has 0 aromatic carbocycles. The second-order valence-corrected chi connectivity index (χ2v) is 9.46. The summed E-state index contributed by atoms with van der Waals surface area (Å²) in [5, 5.41) is 1.26. The molecular formula is C17H15ClN4OS2. The summed E-state index contributed by atoms with van der Waals surface area (Å²) in [6, 6.07) is 3.75. The molecule has 2 aromatic heterocycles. The van der Waals surface area contributed by atoms with Gasteiger partial charge in [0, 0.05) is 17.3 Å². The second kappa shape index (κ2) is 5.99. The number of nitrogens with zero attached hydrogens (tertiary/aromatic N) is 3. The molecule has 2 aliphatic heterocycles. The molecule has 2 aliphatic rings. The van der Waals surface area contributed by atoms with Crippen molar-refractivity contribution in [2.24, 2.45) is 10.7 Å². The number of thiophene rings is 1. The van der Waals surface area contributed by atoms with Gasteiger partial charge in [0.05, 0.1) is 40.0 Å². The van der Waals surface area contributed by atoms with Gasteiger partial charge in [0.2, 0.25) is 5.69 Å². The Labute approximate surface area is 159 Å². The summed E-state index contributed by atoms with van der Waals surface area (Å²) in [6.07, 6.45) is 4.14. The Morgan fingerprint density at radius 2 is 2.16 bits per heavy atom. The lowest BCUT2D eigenvalue weighted by atomic mass is 9.86. The van der Waals surface area contributed by atoms with E-state index in [1.807, 2.05) is 12.1 Å². The van der Waals surface area contributed by atoms with Crippen LogP contribution in [0.5, 0.6) is 0 Å². The van der Waals surface area contributed by atoms with Crippen LogP contribution in [0.2, 0.25) is 5.02 Å². The Hall–Kier alpha value is -1.59. The average Bonchev–Trinajstić information content (AvgIpc) is 2.95. The molecule has 0 bridgehead atoms. The van der Waals surface area contributed by atoms with Gasteiger partial charge in [0.25, 0.3) is 0 Å². The van der Waals surface area contributed by atoms with Crippen molar-refractivity contribution in [3.05, 3.63) is 45.8 Å². The fraction of sp³-hybridized carbons (Fsp3) is 0.353. The monoisotopic (exact) mass is 390 g/mol. The Morgan fingerprint density at radius 1 is 1.36 bits per heavy atom. The van der Waals surface area contributed by atoms with Crippen molar-refractivity contribution in [2.75, 3.05) is 13.2 Å². The fourth-order valence-electron chi connectivity index (χ4n) is 3.31. The SMILES string of the molecule is [C-]#[N+]c1cncc(-c2cc(Cl)c(C3(C)CC4(COC4)SC(N)=N3)s2)c1. The van der Waals surface area contributed by atoms with Crippen LogP contribution in [0.15, 0.2) is 29.5 Å². The lowest BCUT2D eigenvalue weighted by molar-refractivity contribution is -0.0207. The van der Waals surface area contributed by atoms with Crippen LogP contribution < -0.4 is 5.73 Å². The normalized spacial score (nSPS) is 24.4. The molecule has 0 saturated carbocycles. The van der Waals surface area contributed by atoms with Crippen LogP contribution >= 0.6 is 34.7 Å². The largest absolute Gasteiger partial charge is 0.378 e. The Balaban J connectivity index is 1.75. The zero-order chi connectivity index (χ0) is 17.7. The van der Waals surface area contributed by atoms with Crippen molar-refractivity contribution in [3.8, 4) is 10.4 Å². The first-order valence-electron chi connectivity index (χ1n) is 7.68. The van der Waals surface area contributed by atoms with E-state index in [9.17, 15) is 0 Å². The number of ether oxygens (including phenoxy) is 1. The molecule has 2 aromatic rings. The van der Waals surface area contributed by atoms with E-state index in [4.69, 9.17) is 33.6 Å². The molecule has 0 amide bonds. The van der Waals surface area contributed by atoms with E-state index in [0.717, 1.165) is 21.7 Å². The molecule has 128 valence electrons. The minimum atomic E-state index is -0.468. The molecule has 4 rings (SSSR count). The number of amidine groups is 1. The number of rotatable bonds is 2. The van der Waals surface area contributed by atoms with E-state index in [-0.39, 0.29) is 4.75 Å². The maximum absolute atomic E-state index is 7.15. The van der Waals surface area contributed by atoms with Crippen LogP contribution in [-0.2, 0) is 10.3 Å². The van der Waals surface area contributed by atoms with Crippen LogP contribution in [-0.4, -0.2) is 28.1 Å². The van der Waals surface area contributed by atoms with Crippen LogP contribution in [0, 0.1) is 6.57 Å². The lowest BCUT2D eigenvalue weighted by Crippen LogP contribution is -2.54. The molecule has 1 saturated heterocycles. The van der Waals surface area contributed by atoms with Gasteiger partial charge >= 0.3 is 0 Å². The molecule has 25 heavy (non-hydrogen) atoms. The highest BCUT2D eigenvalue weighted by Crippen LogP contribution is 2.52. The number of thioether (sulfide) groups is 1. The van der Waals surface area contributed by atoms with Gasteiger partial charge in [-0.3, -0.25) is 9.98 Å². The highest BCUT2D eigenvalue weighted by atomic mass is 35.5. The first-order chi connectivity index (χ1) is 11.9. The standard InChI is InChI=1S/C17H15ClN4OS2/c1-16(7-17(8-23-9-17)25-15(19)22-16)14-12(18)4-13(24-14)10-3-11(20-2)6-21-5-10/h3-6H,7-9H2,1H3,(H2,19,22). The van der Waals surface area contributed by atoms with Gasteiger partial charge in [-0.2, -0.15) is 0 Å². The Kier molecular flexibility index (Phi) is 4.04. The summed E-state index contributed by atoms with van der Waals surface area (Å²) in [5.74, 6) is 0. The van der Waals surface area contributed by atoms with Crippen molar-refractivity contribution in [1.82, 2.24) is 4.98 Å². The number of aromatic nitrogens is 1. The fourth-order valence-corrected chi connectivity index (χ4v) is 6.26. The highest BCUT2D eigenvalue weighted by molar-refractivity contribution is 8.15. The van der Waals surface area contributed by atoms with E-state index >= 15 is 0 Å². The molecule has 2 N–H and O–H groups in total. The van der Waals surface area contributed by atoms with Crippen molar-refractivity contribution in [3.63, 3.8) is 0 Å². The van der Waals surface area contributed by atoms with Gasteiger partial charge in [0.1, 0.15) is 0 Å². The van der Waals surface area contributed by atoms with Crippen molar-refractivity contribution < 1.29 is 4.74 Å². The maximum Gasteiger partial charge on any atom is 0.205 e. The van der Waals surface area contributed by atoms with Gasteiger partial charge in [-0.15, -0.1) is 11.3 Å². The molecule has 0 aliphatic carbocycles. The second-order valence-electron chi connectivity index (χ2n) is 6.51. The molecule has 1 atom stereocenters. The molecule has 1 fully saturated rings. The van der Waals surface area contributed by atoms with Crippen LogP contribution in [0.3, 0.4) is 0 Å². The predicted octanol–water partition coefficient (Wildman–Crippen LogP) is 4.45. The summed E-state index contributed by atoms with van der Waals surface area (Å²) < 4.78 is 5.43. The van der Waals surface area contributed by atoms with E-state index in [1.54, 1.807) is 35.5 Å². The number of nitrogens with two attached hydrogens (primary N) is 1. The number of pyridine rings is 1. The van der Waals surface area contributed by atoms with Crippen molar-refractivity contribution in [2.45, 2.75) is 23.6 Å². The minimum Gasteiger partial charge on any atom is -0.378 e. The first-order valence-corrected chi connectivity index (χ1v) is 9.69. The summed E-state index contributed by atoms with van der Waals surface area (Å²) in [4.78, 5) is 14.3. The van der Waals surface area contributed by atoms with Gasteiger partial charge < -0.3 is 10.5 Å². The smallest absolute Gasteiger partial charge is 0.205 e. The third kappa shape index (κ3) is 2.93. The number of halogens is 1. The van der Waals surface area contributed by atoms with Gasteiger partial charge in [0.15, 0.2) is 5.17 Å². The number of aliphatic imine (C=N–C) groups is 1. The average molecular weight is 391 g/mol. The first kappa shape index (κ1) is 16.9. The van der Waals surface area contributed by atoms with Crippen LogP contribution in [0.1, 0.15) is 18.2 Å². The van der Waals surface area contributed by atoms with E-state index in [0.29, 0.717) is 29.1 Å². The van der Waals surface area contributed by atoms with Crippen molar-refractivity contribution in [1.29, 1.82) is 0 Å². The molecular weight excluding hydrogens is 376 g/mol. The van der Waals surface area contributed by atoms with E-state index in [2.05, 4.69) is 16.8 Å². The van der Waals surface area contributed by atoms with Crippen molar-refractivity contribution >= 4 is 45.6 Å². The van der Waals surface area contributed by atoms with Gasteiger partial charge in [-0.05, 0) is 31.0 Å². The number of hydrogen-bond donors (Lipinski definition) is 1. The topological polar surface area (TPSA) is 64.9 Å². The summed E-state index contributed by atoms with van der Waals surface area (Å²) in [7, 11) is 0. The molecule has 1 spiro atoms. The predicted molar refractivity (Wildman–Crippen MR) is 104 cm³/mol. The quantitative estimate of drug-likeness (QED) is 0.769. The Bertz CT molecular complexity index is 916. The number of hydrogen-bond acceptors (Lipinski definition) is 6. The van der Waals surface area contributed by atoms with Crippen LogP contribution in [0.4, 0.5) is 5.69 Å². The summed E-state index contributed by atoms with van der Waals surface area (Å²) in [5.41, 5.74) is 7.04. The molecule has 1 unspecified atom stereocenters. The molecule has 8 heteroatoms. The van der Waals surface area contributed by atoms with Gasteiger partial charge in [-0.25, -0.2) is 4.85 Å². The summed E-state index contributed by atoms with van der Waals surface area (Å²) >= 11 is 9.77. The summed E-state index contributed by atoms with van der Waals surface area (Å²) in [6.45, 7) is 10.6. The lowest BCUT2D eigenvalue weighted by Gasteiger charge is -2.47. The Morgan fingerprint density at radius 3 is 2.84 bits per heavy atom. The molecule has 5 nitrogen and oxygen atoms in total. The van der Waals surface area contributed by atoms with E-state index in [1.165, 1.54) is 0 Å². The zero-order valence-electron chi connectivity index (χ0n) is 13.5. The highest BCUT2D eigenvalue weighted by Gasteiger charge is 2.50. The minimum absolute atomic E-state index is 0.000361. The molecule has 4 heterocycles. The molecule has 0 radical (unpaired) electrons. The third-order valence-corrected chi connectivity index (χ3v) is 7.35. The zero-order valence-corrected chi connectivity index (χ0v) is 15.8. The van der Waals surface area contributed by atoms with Gasteiger partial charge in [-0.1, -0.05) is 23.4 Å². The maximum atomic E-state index is 7.15.